The van der Waals surface area contributed by atoms with E-state index >= 15 is 0 Å². The summed E-state index contributed by atoms with van der Waals surface area (Å²) in [5.41, 5.74) is 8.92. The summed E-state index contributed by atoms with van der Waals surface area (Å²) in [5.74, 6) is -17.4. The first kappa shape index (κ1) is 103. The second kappa shape index (κ2) is 48.8. The van der Waals surface area contributed by atoms with Crippen molar-refractivity contribution in [2.75, 3.05) is 32.8 Å². The monoisotopic (exact) mass is 1900 g/mol. The van der Waals surface area contributed by atoms with Crippen LogP contribution >= 0.6 is 34.0 Å². The van der Waals surface area contributed by atoms with Gasteiger partial charge in [-0.15, -0.1) is 34.0 Å². The van der Waals surface area contributed by atoms with Crippen molar-refractivity contribution in [1.82, 2.24) is 24.9 Å². The van der Waals surface area contributed by atoms with Crippen LogP contribution in [0.2, 0.25) is 0 Å². The van der Waals surface area contributed by atoms with Gasteiger partial charge in [0.25, 0.3) is 0 Å². The highest BCUT2D eigenvalue weighted by molar-refractivity contribution is 7.10. The van der Waals surface area contributed by atoms with Crippen LogP contribution in [0.25, 0.3) is 21.8 Å². The van der Waals surface area contributed by atoms with E-state index in [1.54, 1.807) is 109 Å². The fourth-order valence-electron chi connectivity index (χ4n) is 13.3. The maximum atomic E-state index is 12.5. The molecule has 8 aromatic rings. The largest absolute Gasteiger partial charge is 0.508 e. The van der Waals surface area contributed by atoms with E-state index in [0.29, 0.717) is 44.9 Å². The Morgan fingerprint density at radius 3 is 1.46 bits per heavy atom. The van der Waals surface area contributed by atoms with Gasteiger partial charge in [-0.25, -0.2) is 84.8 Å². The fraction of sp³-hybridized carbons (Fsp3) is 0.425. The Morgan fingerprint density at radius 1 is 0.474 bits per heavy atom. The molecule has 0 spiro atoms. The summed E-state index contributed by atoms with van der Waals surface area (Å²) in [6.07, 6.45) is 0.725. The highest BCUT2D eigenvalue weighted by Crippen LogP contribution is 2.33. The second-order valence-corrected chi connectivity index (χ2v) is 34.3. The summed E-state index contributed by atoms with van der Waals surface area (Å²) >= 11 is 2.72. The van der Waals surface area contributed by atoms with E-state index in [9.17, 15) is 107 Å². The molecule has 0 saturated heterocycles. The molecule has 13 atom stereocenters. The number of benzene rings is 3. The number of aliphatic imine (C=N–C) groups is 14. The van der Waals surface area contributed by atoms with Crippen LogP contribution in [0.15, 0.2) is 183 Å². The first-order valence-electron chi connectivity index (χ1n) is 41.9. The molecule has 43 nitrogen and oxygen atoms in total. The van der Waals surface area contributed by atoms with Crippen molar-refractivity contribution in [3.8, 4) is 5.75 Å². The van der Waals surface area contributed by atoms with Crippen LogP contribution in [0.4, 0.5) is 0 Å². The third kappa shape index (κ3) is 30.0. The van der Waals surface area contributed by atoms with Crippen LogP contribution in [0.5, 0.6) is 5.75 Å². The van der Waals surface area contributed by atoms with Gasteiger partial charge in [0.1, 0.15) is 111 Å². The Kier molecular flexibility index (Phi) is 37.7. The van der Waals surface area contributed by atoms with E-state index in [-0.39, 0.29) is 83.1 Å². The van der Waals surface area contributed by atoms with Gasteiger partial charge in [-0.05, 0) is 106 Å². The lowest BCUT2D eigenvalue weighted by Gasteiger charge is -2.22. The number of aromatic amines is 2. The van der Waals surface area contributed by atoms with Crippen LogP contribution in [0, 0.1) is 17.2 Å². The molecule has 5 aromatic heterocycles. The number of aromatic hydroxyl groups is 1. The lowest BCUT2D eigenvalue weighted by atomic mass is 10.0. The van der Waals surface area contributed by atoms with Crippen LogP contribution in [-0.4, -0.2) is 316 Å². The molecule has 0 fully saturated rings. The number of unbranched alkanes of at least 4 members (excludes halogenated alkanes) is 1. The van der Waals surface area contributed by atoms with E-state index in [2.05, 4.69) is 94.8 Å². The Bertz CT molecular complexity index is 5830. The number of carboxylic acids is 2. The molecule has 24 N–H and O–H groups in total. The number of nitrogens with zero attached hydrogens (tertiary/aromatic N) is 17. The zero-order valence-electron chi connectivity index (χ0n) is 73.6. The van der Waals surface area contributed by atoms with Gasteiger partial charge in [0.05, 0.1) is 38.6 Å². The fourth-order valence-corrected chi connectivity index (χ4v) is 15.9. The number of nitrogens with two attached hydrogens (primary N) is 1. The molecule has 0 amide bonds. The number of carbonyl (C=O) groups is 2. The van der Waals surface area contributed by atoms with E-state index < -0.39 is 230 Å². The number of aliphatic hydroxyl groups is 16. The number of aliphatic hydroxyl groups excluding tert-OH is 16. The number of aliphatic carboxylic acids is 2. The molecule has 6 heterocycles. The summed E-state index contributed by atoms with van der Waals surface area (Å²) in [6.45, 7) is 10.6. The number of para-hydroxylation sites is 2. The number of hydrogen-bond acceptors (Lipinski definition) is 27. The normalized spacial score (nSPS) is 22.1. The predicted molar refractivity (Wildman–Crippen MR) is 512 cm³/mol. The maximum Gasteiger partial charge on any atom is 0.306 e. The quantitative estimate of drug-likeness (QED) is 0.0122. The van der Waals surface area contributed by atoms with Gasteiger partial charge < -0.3 is 117 Å². The van der Waals surface area contributed by atoms with E-state index in [0.717, 1.165) is 39.6 Å². The molecule has 6 bridgehead atoms. The van der Waals surface area contributed by atoms with Crippen molar-refractivity contribution < 1.29 is 111 Å². The number of phenolic OH excluding ortho intramolecular Hbond substituents is 1. The number of nitrogens with one attached hydrogen (secondary N) is 3. The van der Waals surface area contributed by atoms with Crippen molar-refractivity contribution in [2.24, 2.45) is 87.5 Å². The molecular formula is C87H109N21O22S3. The molecule has 712 valence electrons. The minimum atomic E-state index is -1.94. The Labute approximate surface area is 773 Å². The van der Waals surface area contributed by atoms with Gasteiger partial charge in [-0.3, -0.25) is 15.0 Å². The average Bonchev–Trinajstić information content (AvgIpc) is 1.71. The van der Waals surface area contributed by atoms with Crippen molar-refractivity contribution in [1.29, 1.82) is 5.41 Å². The topological polar surface area (TPSA) is 721 Å². The summed E-state index contributed by atoms with van der Waals surface area (Å²) < 4.78 is 6.05. The minimum Gasteiger partial charge on any atom is -0.508 e. The van der Waals surface area contributed by atoms with Gasteiger partial charge in [-0.1, -0.05) is 87.9 Å². The van der Waals surface area contributed by atoms with Crippen molar-refractivity contribution in [3.05, 3.63) is 162 Å². The first-order chi connectivity index (χ1) is 63.3. The third-order valence-corrected chi connectivity index (χ3v) is 23.2. The predicted octanol–water partition coefficient (Wildman–Crippen LogP) is 12.4. The molecule has 1 aliphatic rings. The summed E-state index contributed by atoms with van der Waals surface area (Å²) in [6, 6.07) is 1.44. The highest BCUT2D eigenvalue weighted by Gasteiger charge is 2.35. The van der Waals surface area contributed by atoms with Crippen LogP contribution in [-0.2, 0) is 33.6 Å². The van der Waals surface area contributed by atoms with Gasteiger partial charge in [0.15, 0.2) is 18.0 Å². The number of aromatic nitrogens is 5. The number of carboxylic acid groups (broad SMARTS) is 2. The lowest BCUT2D eigenvalue weighted by molar-refractivity contribution is -0.138. The molecule has 9 rings (SSSR count). The minimum absolute atomic E-state index is 0.0665. The van der Waals surface area contributed by atoms with Crippen LogP contribution in [0.1, 0.15) is 161 Å². The van der Waals surface area contributed by atoms with E-state index in [1.165, 1.54) is 54.3 Å². The molecule has 46 heteroatoms. The molecule has 0 unspecified atom stereocenters. The van der Waals surface area contributed by atoms with Gasteiger partial charge in [-0.2, -0.15) is 0 Å². The lowest BCUT2D eigenvalue weighted by Crippen LogP contribution is -2.37. The molecule has 0 saturated carbocycles. The van der Waals surface area contributed by atoms with Crippen LogP contribution < -0.4 is 5.73 Å². The smallest absolute Gasteiger partial charge is 0.306 e. The molecule has 133 heavy (non-hydrogen) atoms. The number of ether oxygens (including phenoxy) is 1. The van der Waals surface area contributed by atoms with Gasteiger partial charge in [0, 0.05) is 69.6 Å². The summed E-state index contributed by atoms with van der Waals surface area (Å²) in [7, 11) is 0. The van der Waals surface area contributed by atoms with Crippen molar-refractivity contribution in [2.45, 2.75) is 192 Å². The maximum absolute atomic E-state index is 12.5. The number of allylic oxidation sites excluding steroid dienone is 1. The summed E-state index contributed by atoms with van der Waals surface area (Å²) in [5, 5.41) is 231. The highest BCUT2D eigenvalue weighted by atomic mass is 32.1. The molecule has 0 aliphatic carbocycles. The third-order valence-electron chi connectivity index (χ3n) is 20.3. The number of hydrogen-bond donors (Lipinski definition) is 23. The molecule has 0 radical (unpaired) electrons. The summed E-state index contributed by atoms with van der Waals surface area (Å²) in [4.78, 5) is 105. The molecule has 3 aromatic carbocycles. The number of rotatable bonds is 23. The number of thiazole rings is 3. The van der Waals surface area contributed by atoms with Crippen LogP contribution in [0.3, 0.4) is 0 Å². The first-order valence-corrected chi connectivity index (χ1v) is 44.6. The Balaban J connectivity index is 1.17. The van der Waals surface area contributed by atoms with Crippen molar-refractivity contribution >= 4 is 156 Å². The number of fused-ring (bicyclic) bond motifs is 8. The van der Waals surface area contributed by atoms with Gasteiger partial charge in [0.2, 0.25) is 82.6 Å². The zero-order valence-corrected chi connectivity index (χ0v) is 76.0. The van der Waals surface area contributed by atoms with Crippen molar-refractivity contribution in [3.63, 3.8) is 0 Å². The Morgan fingerprint density at radius 2 is 0.910 bits per heavy atom. The Hall–Kier alpha value is -14.0. The molecule has 1 aliphatic heterocycles. The average molecular weight is 1900 g/mol. The van der Waals surface area contributed by atoms with Gasteiger partial charge >= 0.3 is 11.9 Å². The number of H-pyrrole nitrogens is 2. The van der Waals surface area contributed by atoms with E-state index in [4.69, 9.17) is 15.9 Å². The SMILES string of the molecule is CC(C)=CCO[C@@H](C)[C@H]1N=C(O)[C@@H](CC(=N)O)N=C(O)[C@@H](CO)N=C(O)c2csc(n2)[C@H](C)N=C(O)[C@@H](Cc2ccc(O)cc2)N=C(O)[C@@H](CCCCN)N=C(O)[C@@H](CC(=O)O)N=C(O)CN=C(O)[C@H](Cc2c[nH]c3ccccc23)N=C(O)c2csc(n2)[C@@H](C(C)C)N=C(O)[C@@H](C(C)C)N=C(O)c2csc(n2)[C@@H](CC(=O)O)N=C(O)CN=C(O)[C@@H](Cc2c[nH]c3ccccc23)N=C1O. The molecular weight excluding hydrogens is 1790 g/mol. The second-order valence-electron chi connectivity index (χ2n) is 31.7. The standard InChI is InChI=1S/C87H109N21O22S3/c1-41(2)24-26-130-45(8)72-84(129)101-57(29-48-34-91-53-18-12-10-16-51(48)53)74(119)93-36-67(113)96-60(32-69(116)117)86-104-64(39-132-86)82(127)106-70(42(3)4)83(128)107-71(43(5)6)87-105-63(40-133-87)80(125)99-56(28-47-33-90-52-17-11-9-15-50(47)52)73(118)92-35-66(112)95-59(31-68(114)115)77(122)97-54(19-13-14-25-88)75(120)98-55(27-46-20-22-49(110)23-21-46)76(121)94-44(7)85-103-62(38-131-85)81(126)102-61(37-109)79(124)100-58(30-65(89)111)78(123)108-72/h9-12,15-18,20-24,33-34,38-40,42-45,54-61,70-72,90-91,109-110H,13-14,19,25-32,35-37,88H2,1-8H3,(H2,89,111)(H,92,118)(H,93,119)(H,94,121)(H,95,112)(H,96,113)(H,97,122)(H,98,120)(H,99,125)(H,100,124)(H,101,129)(H,102,126)(H,106,127)(H,107,128)(H,108,123)(H,114,115)(H,116,117)/t44-,45-,54+,55+,56-,57+,58+,59+,60+,61+,70+,71+,72+/m0/s1. The zero-order chi connectivity index (χ0) is 97.0. The van der Waals surface area contributed by atoms with E-state index in [1.807, 2.05) is 0 Å². The number of phenols is 1.